The second kappa shape index (κ2) is 9.55. The molecular formula is C22H26N4OS. The van der Waals surface area contributed by atoms with Gasteiger partial charge in [-0.15, -0.1) is 10.2 Å². The number of nitrogens with one attached hydrogen (secondary N) is 1. The summed E-state index contributed by atoms with van der Waals surface area (Å²) < 4.78 is 2.04. The van der Waals surface area contributed by atoms with Gasteiger partial charge in [0, 0.05) is 17.8 Å². The topological polar surface area (TPSA) is 59.8 Å². The zero-order chi connectivity index (χ0) is 19.9. The van der Waals surface area contributed by atoms with Crippen LogP contribution in [0.1, 0.15) is 38.7 Å². The maximum absolute atomic E-state index is 12.3. The van der Waals surface area contributed by atoms with E-state index in [0.29, 0.717) is 11.7 Å². The van der Waals surface area contributed by atoms with Gasteiger partial charge in [0.1, 0.15) is 0 Å². The van der Waals surface area contributed by atoms with Crippen molar-refractivity contribution in [3.8, 4) is 11.4 Å². The fourth-order valence-electron chi connectivity index (χ4n) is 2.94. The number of amides is 1. The predicted octanol–water partition coefficient (Wildman–Crippen LogP) is 5.21. The molecule has 0 radical (unpaired) electrons. The van der Waals surface area contributed by atoms with Crippen molar-refractivity contribution < 1.29 is 4.79 Å². The molecule has 0 saturated heterocycles. The first-order valence-electron chi connectivity index (χ1n) is 9.63. The Kier molecular flexibility index (Phi) is 6.87. The van der Waals surface area contributed by atoms with Crippen molar-refractivity contribution in [3.63, 3.8) is 0 Å². The van der Waals surface area contributed by atoms with E-state index in [-0.39, 0.29) is 5.91 Å². The molecule has 1 N–H and O–H groups in total. The maximum atomic E-state index is 12.3. The first kappa shape index (κ1) is 20.1. The first-order chi connectivity index (χ1) is 13.6. The Morgan fingerprint density at radius 3 is 2.43 bits per heavy atom. The third kappa shape index (κ3) is 4.81. The van der Waals surface area contributed by atoms with Crippen molar-refractivity contribution in [1.82, 2.24) is 14.8 Å². The second-order valence-corrected chi connectivity index (χ2v) is 7.63. The Bertz CT molecular complexity index is 906. The number of thioether (sulfide) groups is 1. The van der Waals surface area contributed by atoms with Gasteiger partial charge in [-0.2, -0.15) is 0 Å². The summed E-state index contributed by atoms with van der Waals surface area (Å²) in [6.45, 7) is 7.19. The molecule has 1 heterocycles. The summed E-state index contributed by atoms with van der Waals surface area (Å²) in [7, 11) is 0. The lowest BCUT2D eigenvalue weighted by atomic mass is 9.99. The SMILES string of the molecule is CC[C@H](C)c1ccc(NC(=O)CSc2nnc(-c3ccccc3)n2CC)cc1. The van der Waals surface area contributed by atoms with E-state index in [1.54, 1.807) is 0 Å². The van der Waals surface area contributed by atoms with Gasteiger partial charge in [-0.25, -0.2) is 0 Å². The second-order valence-electron chi connectivity index (χ2n) is 6.68. The molecule has 0 saturated carbocycles. The molecule has 146 valence electrons. The fourth-order valence-corrected chi connectivity index (χ4v) is 3.74. The number of carbonyl (C=O) groups is 1. The van der Waals surface area contributed by atoms with Crippen LogP contribution in [-0.4, -0.2) is 26.4 Å². The van der Waals surface area contributed by atoms with E-state index in [1.165, 1.54) is 17.3 Å². The Balaban J connectivity index is 1.61. The van der Waals surface area contributed by atoms with E-state index in [4.69, 9.17) is 0 Å². The monoisotopic (exact) mass is 394 g/mol. The minimum Gasteiger partial charge on any atom is -0.325 e. The summed E-state index contributed by atoms with van der Waals surface area (Å²) in [5.41, 5.74) is 3.13. The normalized spacial score (nSPS) is 12.0. The van der Waals surface area contributed by atoms with E-state index >= 15 is 0 Å². The highest BCUT2D eigenvalue weighted by Gasteiger charge is 2.14. The highest BCUT2D eigenvalue weighted by atomic mass is 32.2. The molecular weight excluding hydrogens is 368 g/mol. The van der Waals surface area contributed by atoms with Crippen molar-refractivity contribution in [2.75, 3.05) is 11.1 Å². The number of carbonyl (C=O) groups excluding carboxylic acids is 1. The number of benzene rings is 2. The third-order valence-electron chi connectivity index (χ3n) is 4.77. The fraction of sp³-hybridized carbons (Fsp3) is 0.318. The van der Waals surface area contributed by atoms with Crippen molar-refractivity contribution in [3.05, 3.63) is 60.2 Å². The molecule has 0 fully saturated rings. The van der Waals surface area contributed by atoms with E-state index in [1.807, 2.05) is 47.0 Å². The quantitative estimate of drug-likeness (QED) is 0.533. The molecule has 2 aromatic carbocycles. The van der Waals surface area contributed by atoms with Crippen LogP contribution in [0.3, 0.4) is 0 Å². The molecule has 0 aliphatic heterocycles. The van der Waals surface area contributed by atoms with Gasteiger partial charge in [0.2, 0.25) is 5.91 Å². The summed E-state index contributed by atoms with van der Waals surface area (Å²) in [6, 6.07) is 18.1. The van der Waals surface area contributed by atoms with Crippen molar-refractivity contribution in [1.29, 1.82) is 0 Å². The Labute approximate surface area is 170 Å². The third-order valence-corrected chi connectivity index (χ3v) is 5.74. The molecule has 0 aliphatic carbocycles. The van der Waals surface area contributed by atoms with Gasteiger partial charge in [-0.05, 0) is 37.0 Å². The minimum atomic E-state index is -0.0480. The molecule has 0 bridgehead atoms. The lowest BCUT2D eigenvalue weighted by molar-refractivity contribution is -0.113. The molecule has 6 heteroatoms. The van der Waals surface area contributed by atoms with E-state index in [2.05, 4.69) is 48.4 Å². The molecule has 0 aliphatic rings. The van der Waals surface area contributed by atoms with Crippen LogP contribution >= 0.6 is 11.8 Å². The highest BCUT2D eigenvalue weighted by Crippen LogP contribution is 2.24. The number of rotatable bonds is 8. The van der Waals surface area contributed by atoms with Crippen molar-refractivity contribution >= 4 is 23.4 Å². The van der Waals surface area contributed by atoms with Crippen LogP contribution in [0.2, 0.25) is 0 Å². The van der Waals surface area contributed by atoms with Gasteiger partial charge < -0.3 is 9.88 Å². The van der Waals surface area contributed by atoms with Crippen molar-refractivity contribution in [2.24, 2.45) is 0 Å². The highest BCUT2D eigenvalue weighted by molar-refractivity contribution is 7.99. The summed E-state index contributed by atoms with van der Waals surface area (Å²) in [5.74, 6) is 1.60. The molecule has 1 amide bonds. The van der Waals surface area contributed by atoms with E-state index in [9.17, 15) is 4.79 Å². The number of anilines is 1. The van der Waals surface area contributed by atoms with Gasteiger partial charge in [-0.1, -0.05) is 68.1 Å². The number of nitrogens with zero attached hydrogens (tertiary/aromatic N) is 3. The summed E-state index contributed by atoms with van der Waals surface area (Å²) in [6.07, 6.45) is 1.10. The molecule has 1 atom stereocenters. The number of hydrogen-bond donors (Lipinski definition) is 1. The number of aromatic nitrogens is 3. The minimum absolute atomic E-state index is 0.0480. The Morgan fingerprint density at radius 2 is 1.79 bits per heavy atom. The average Bonchev–Trinajstić information content (AvgIpc) is 3.16. The van der Waals surface area contributed by atoms with Gasteiger partial charge in [0.05, 0.1) is 5.75 Å². The lowest BCUT2D eigenvalue weighted by Gasteiger charge is -2.10. The molecule has 5 nitrogen and oxygen atoms in total. The summed E-state index contributed by atoms with van der Waals surface area (Å²) in [5, 5.41) is 12.3. The Hall–Kier alpha value is -2.60. The summed E-state index contributed by atoms with van der Waals surface area (Å²) in [4.78, 5) is 12.3. The van der Waals surface area contributed by atoms with Crippen LogP contribution in [0, 0.1) is 0 Å². The van der Waals surface area contributed by atoms with E-state index < -0.39 is 0 Å². The van der Waals surface area contributed by atoms with Crippen LogP contribution in [0.25, 0.3) is 11.4 Å². The molecule has 0 spiro atoms. The lowest BCUT2D eigenvalue weighted by Crippen LogP contribution is -2.14. The van der Waals surface area contributed by atoms with Crippen LogP contribution in [0.15, 0.2) is 59.8 Å². The zero-order valence-electron chi connectivity index (χ0n) is 16.6. The van der Waals surface area contributed by atoms with Crippen LogP contribution in [0.4, 0.5) is 5.69 Å². The van der Waals surface area contributed by atoms with Crippen LogP contribution in [-0.2, 0) is 11.3 Å². The molecule has 1 aromatic heterocycles. The van der Waals surface area contributed by atoms with Crippen molar-refractivity contribution in [2.45, 2.75) is 44.8 Å². The number of hydrogen-bond acceptors (Lipinski definition) is 4. The molecule has 0 unspecified atom stereocenters. The zero-order valence-corrected chi connectivity index (χ0v) is 17.4. The van der Waals surface area contributed by atoms with Crippen LogP contribution in [0.5, 0.6) is 0 Å². The van der Waals surface area contributed by atoms with Gasteiger partial charge >= 0.3 is 0 Å². The Morgan fingerprint density at radius 1 is 1.07 bits per heavy atom. The van der Waals surface area contributed by atoms with Crippen LogP contribution < -0.4 is 5.32 Å². The summed E-state index contributed by atoms with van der Waals surface area (Å²) >= 11 is 1.40. The largest absolute Gasteiger partial charge is 0.325 e. The van der Waals surface area contributed by atoms with Gasteiger partial charge in [0.15, 0.2) is 11.0 Å². The first-order valence-corrected chi connectivity index (χ1v) is 10.6. The standard InChI is InChI=1S/C22H26N4OS/c1-4-16(3)17-11-13-19(14-12-17)23-20(27)15-28-22-25-24-21(26(22)5-2)18-9-7-6-8-10-18/h6-14,16H,4-5,15H2,1-3H3,(H,23,27)/t16-/m0/s1. The molecule has 28 heavy (non-hydrogen) atoms. The predicted molar refractivity (Wildman–Crippen MR) is 116 cm³/mol. The van der Waals surface area contributed by atoms with Gasteiger partial charge in [-0.3, -0.25) is 4.79 Å². The smallest absolute Gasteiger partial charge is 0.234 e. The van der Waals surface area contributed by atoms with Gasteiger partial charge in [0.25, 0.3) is 0 Å². The molecule has 3 aromatic rings. The maximum Gasteiger partial charge on any atom is 0.234 e. The molecule has 3 rings (SSSR count). The average molecular weight is 395 g/mol. The van der Waals surface area contributed by atoms with E-state index in [0.717, 1.165) is 35.2 Å².